The van der Waals surface area contributed by atoms with E-state index in [1.54, 1.807) is 6.92 Å². The first-order valence-corrected chi connectivity index (χ1v) is 7.33. The Morgan fingerprint density at radius 1 is 1.35 bits per heavy atom. The van der Waals surface area contributed by atoms with E-state index in [9.17, 15) is 21.6 Å². The third-order valence-corrected chi connectivity index (χ3v) is 4.28. The molecule has 1 aromatic rings. The maximum atomic E-state index is 12.2. The minimum absolute atomic E-state index is 0.166. The summed E-state index contributed by atoms with van der Waals surface area (Å²) in [4.78, 5) is -0.166. The summed E-state index contributed by atoms with van der Waals surface area (Å²) in [5.74, 6) is 0. The SMILES string of the molecule is Cc1ccc(S(=O)(=O)NC(C)CC(F)(F)F)cc1CO. The first-order valence-electron chi connectivity index (χ1n) is 5.84. The number of aliphatic hydroxyl groups is 1. The van der Waals surface area contributed by atoms with Gasteiger partial charge in [0.15, 0.2) is 0 Å². The summed E-state index contributed by atoms with van der Waals surface area (Å²) < 4.78 is 62.4. The standard InChI is InChI=1S/C12H16F3NO3S/c1-8-3-4-11(5-10(8)7-17)20(18,19)16-9(2)6-12(13,14)15/h3-5,9,16-17H,6-7H2,1-2H3. The molecule has 0 aliphatic carbocycles. The fourth-order valence-corrected chi connectivity index (χ4v) is 3.00. The van der Waals surface area contributed by atoms with Gasteiger partial charge in [0.1, 0.15) is 0 Å². The fourth-order valence-electron chi connectivity index (χ4n) is 1.71. The van der Waals surface area contributed by atoms with Gasteiger partial charge < -0.3 is 5.11 Å². The molecule has 114 valence electrons. The number of sulfonamides is 1. The molecule has 1 rings (SSSR count). The van der Waals surface area contributed by atoms with E-state index >= 15 is 0 Å². The third-order valence-electron chi connectivity index (χ3n) is 2.70. The third kappa shape index (κ3) is 4.77. The molecule has 20 heavy (non-hydrogen) atoms. The summed E-state index contributed by atoms with van der Waals surface area (Å²) in [6.07, 6.45) is -5.68. The molecule has 0 saturated heterocycles. The molecule has 0 saturated carbocycles. The Kier molecular flexibility index (Phi) is 5.17. The van der Waals surface area contributed by atoms with Crippen LogP contribution in [0.5, 0.6) is 0 Å². The van der Waals surface area contributed by atoms with Gasteiger partial charge in [0.25, 0.3) is 0 Å². The zero-order chi connectivity index (χ0) is 15.6. The molecule has 0 amide bonds. The van der Waals surface area contributed by atoms with Crippen molar-refractivity contribution in [2.75, 3.05) is 0 Å². The minimum Gasteiger partial charge on any atom is -0.392 e. The highest BCUT2D eigenvalue weighted by atomic mass is 32.2. The number of aliphatic hydroxyl groups excluding tert-OH is 1. The van der Waals surface area contributed by atoms with Crippen molar-refractivity contribution >= 4 is 10.0 Å². The zero-order valence-corrected chi connectivity index (χ0v) is 11.8. The molecule has 1 aromatic carbocycles. The van der Waals surface area contributed by atoms with Crippen LogP contribution in [-0.4, -0.2) is 25.7 Å². The van der Waals surface area contributed by atoms with Crippen molar-refractivity contribution in [2.45, 2.75) is 44.0 Å². The smallest absolute Gasteiger partial charge is 0.390 e. The summed E-state index contributed by atoms with van der Waals surface area (Å²) in [6.45, 7) is 2.50. The van der Waals surface area contributed by atoms with Crippen molar-refractivity contribution in [1.82, 2.24) is 4.72 Å². The van der Waals surface area contributed by atoms with Gasteiger partial charge in [0.2, 0.25) is 10.0 Å². The molecule has 0 spiro atoms. The Morgan fingerprint density at radius 2 is 1.95 bits per heavy atom. The molecule has 0 bridgehead atoms. The number of benzene rings is 1. The summed E-state index contributed by atoms with van der Waals surface area (Å²) in [5.41, 5.74) is 1.12. The second kappa shape index (κ2) is 6.11. The maximum Gasteiger partial charge on any atom is 0.390 e. The van der Waals surface area contributed by atoms with Gasteiger partial charge in [-0.1, -0.05) is 6.07 Å². The Labute approximate surface area is 115 Å². The number of nitrogens with one attached hydrogen (secondary N) is 1. The van der Waals surface area contributed by atoms with Crippen LogP contribution in [0.1, 0.15) is 24.5 Å². The second-order valence-corrected chi connectivity index (χ2v) is 6.30. The molecule has 8 heteroatoms. The molecule has 2 N–H and O–H groups in total. The van der Waals surface area contributed by atoms with Crippen molar-refractivity contribution in [2.24, 2.45) is 0 Å². The van der Waals surface area contributed by atoms with Gasteiger partial charge in [-0.25, -0.2) is 13.1 Å². The van der Waals surface area contributed by atoms with Crippen LogP contribution in [0.3, 0.4) is 0 Å². The number of aryl methyl sites for hydroxylation is 1. The predicted molar refractivity (Wildman–Crippen MR) is 67.6 cm³/mol. The Hall–Kier alpha value is -1.12. The summed E-state index contributed by atoms with van der Waals surface area (Å²) in [7, 11) is -4.04. The van der Waals surface area contributed by atoms with Crippen LogP contribution in [-0.2, 0) is 16.6 Å². The molecule has 0 heterocycles. The van der Waals surface area contributed by atoms with E-state index < -0.39 is 28.7 Å². The number of hydrogen-bond acceptors (Lipinski definition) is 3. The molecular formula is C12H16F3NO3S. The van der Waals surface area contributed by atoms with Gasteiger partial charge in [0, 0.05) is 6.04 Å². The summed E-state index contributed by atoms with van der Waals surface area (Å²) in [5, 5.41) is 9.08. The van der Waals surface area contributed by atoms with E-state index in [1.807, 2.05) is 4.72 Å². The van der Waals surface area contributed by atoms with E-state index in [0.29, 0.717) is 11.1 Å². The first kappa shape index (κ1) is 16.9. The molecular weight excluding hydrogens is 295 g/mol. The van der Waals surface area contributed by atoms with Crippen LogP contribution in [0, 0.1) is 6.92 Å². The maximum absolute atomic E-state index is 12.2. The van der Waals surface area contributed by atoms with Crippen LogP contribution in [0.4, 0.5) is 13.2 Å². The topological polar surface area (TPSA) is 66.4 Å². The highest BCUT2D eigenvalue weighted by Gasteiger charge is 2.32. The van der Waals surface area contributed by atoms with Gasteiger partial charge in [-0.15, -0.1) is 0 Å². The molecule has 1 unspecified atom stereocenters. The van der Waals surface area contributed by atoms with E-state index in [2.05, 4.69) is 0 Å². The average Bonchev–Trinajstić information content (AvgIpc) is 2.25. The number of alkyl halides is 3. The molecule has 1 atom stereocenters. The molecule has 0 radical (unpaired) electrons. The average molecular weight is 311 g/mol. The normalized spacial score (nSPS) is 14.3. The second-order valence-electron chi connectivity index (χ2n) is 4.59. The quantitative estimate of drug-likeness (QED) is 0.875. The largest absolute Gasteiger partial charge is 0.392 e. The van der Waals surface area contributed by atoms with E-state index in [-0.39, 0.29) is 11.5 Å². The van der Waals surface area contributed by atoms with Gasteiger partial charge in [-0.3, -0.25) is 0 Å². The van der Waals surface area contributed by atoms with Crippen molar-refractivity contribution in [1.29, 1.82) is 0 Å². The lowest BCUT2D eigenvalue weighted by Crippen LogP contribution is -2.36. The summed E-state index contributed by atoms with van der Waals surface area (Å²) in [6, 6.07) is 2.77. The monoisotopic (exact) mass is 311 g/mol. The van der Waals surface area contributed by atoms with Crippen LogP contribution in [0.25, 0.3) is 0 Å². The lowest BCUT2D eigenvalue weighted by molar-refractivity contribution is -0.137. The molecule has 0 aromatic heterocycles. The Morgan fingerprint density at radius 3 is 2.45 bits per heavy atom. The van der Waals surface area contributed by atoms with Crippen LogP contribution < -0.4 is 4.72 Å². The van der Waals surface area contributed by atoms with Gasteiger partial charge in [-0.2, -0.15) is 13.2 Å². The van der Waals surface area contributed by atoms with Crippen molar-refractivity contribution in [3.8, 4) is 0 Å². The van der Waals surface area contributed by atoms with Crippen molar-refractivity contribution in [3.05, 3.63) is 29.3 Å². The molecule has 4 nitrogen and oxygen atoms in total. The van der Waals surface area contributed by atoms with Crippen LogP contribution in [0.15, 0.2) is 23.1 Å². The first-order chi connectivity index (χ1) is 9.05. The zero-order valence-electron chi connectivity index (χ0n) is 11.0. The predicted octanol–water partition coefficient (Wildman–Crippen LogP) is 2.11. The van der Waals surface area contributed by atoms with Crippen LogP contribution >= 0.6 is 0 Å². The van der Waals surface area contributed by atoms with Gasteiger partial charge >= 0.3 is 6.18 Å². The van der Waals surface area contributed by atoms with Crippen molar-refractivity contribution < 1.29 is 26.7 Å². The number of halogens is 3. The summed E-state index contributed by atoms with van der Waals surface area (Å²) >= 11 is 0. The van der Waals surface area contributed by atoms with E-state index in [1.165, 1.54) is 18.2 Å². The number of rotatable bonds is 5. The highest BCUT2D eigenvalue weighted by molar-refractivity contribution is 7.89. The lowest BCUT2D eigenvalue weighted by atomic mass is 10.1. The number of hydrogen-bond donors (Lipinski definition) is 2. The highest BCUT2D eigenvalue weighted by Crippen LogP contribution is 2.22. The van der Waals surface area contributed by atoms with Crippen molar-refractivity contribution in [3.63, 3.8) is 0 Å². The van der Waals surface area contributed by atoms with E-state index in [4.69, 9.17) is 5.11 Å². The van der Waals surface area contributed by atoms with Gasteiger partial charge in [0.05, 0.1) is 17.9 Å². The fraction of sp³-hybridized carbons (Fsp3) is 0.500. The lowest BCUT2D eigenvalue weighted by Gasteiger charge is -2.16. The molecule has 0 aliphatic rings. The van der Waals surface area contributed by atoms with Crippen LogP contribution in [0.2, 0.25) is 0 Å². The Balaban J connectivity index is 2.94. The van der Waals surface area contributed by atoms with Gasteiger partial charge in [-0.05, 0) is 37.1 Å². The molecule has 0 fully saturated rings. The van der Waals surface area contributed by atoms with E-state index in [0.717, 1.165) is 6.92 Å². The minimum atomic E-state index is -4.44. The Bertz CT molecular complexity index is 570. The molecule has 0 aliphatic heterocycles.